The summed E-state index contributed by atoms with van der Waals surface area (Å²) in [6, 6.07) is 22.2. The van der Waals surface area contributed by atoms with E-state index in [1.54, 1.807) is 13.2 Å². The fraction of sp³-hybridized carbons (Fsp3) is 0.200. The van der Waals surface area contributed by atoms with Crippen molar-refractivity contribution >= 4 is 33.9 Å². The van der Waals surface area contributed by atoms with Crippen molar-refractivity contribution in [3.63, 3.8) is 0 Å². The molecule has 0 saturated carbocycles. The van der Waals surface area contributed by atoms with Crippen LogP contribution in [0.15, 0.2) is 66.7 Å². The molecule has 30 heavy (non-hydrogen) atoms. The molecule has 1 aromatic heterocycles. The molecule has 3 aromatic carbocycles. The smallest absolute Gasteiger partial charge is 0.161 e. The summed E-state index contributed by atoms with van der Waals surface area (Å²) in [5.41, 5.74) is 4.03. The quantitative estimate of drug-likeness (QED) is 0.350. The molecule has 1 N–H and O–H groups in total. The molecule has 4 aromatic rings. The summed E-state index contributed by atoms with van der Waals surface area (Å²) < 4.78 is 5.45. The molecule has 5 heteroatoms. The zero-order valence-corrected chi connectivity index (χ0v) is 17.9. The summed E-state index contributed by atoms with van der Waals surface area (Å²) >= 11 is 6.18. The van der Waals surface area contributed by atoms with E-state index in [2.05, 4.69) is 52.8 Å². The molecule has 0 aliphatic heterocycles. The number of hydrogen-bond donors (Lipinski definition) is 1. The topological polar surface area (TPSA) is 47.0 Å². The Morgan fingerprint density at radius 3 is 2.43 bits per heavy atom. The van der Waals surface area contributed by atoms with Crippen LogP contribution < -0.4 is 10.1 Å². The number of halogens is 1. The van der Waals surface area contributed by atoms with Crippen LogP contribution in [-0.4, -0.2) is 17.3 Å². The fourth-order valence-corrected chi connectivity index (χ4v) is 3.70. The highest BCUT2D eigenvalue weighted by atomic mass is 35.5. The van der Waals surface area contributed by atoms with Crippen molar-refractivity contribution < 1.29 is 4.74 Å². The molecule has 0 unspecified atom stereocenters. The third kappa shape index (κ3) is 4.24. The molecule has 0 aliphatic rings. The second-order valence-corrected chi connectivity index (χ2v) is 7.65. The minimum absolute atomic E-state index is 0.621. The Kier molecular flexibility index (Phi) is 6.15. The first-order valence-electron chi connectivity index (χ1n) is 10.1. The number of nitrogens with zero attached hydrogens (tertiary/aromatic N) is 2. The summed E-state index contributed by atoms with van der Waals surface area (Å²) in [4.78, 5) is 0. The van der Waals surface area contributed by atoms with Gasteiger partial charge in [-0.15, -0.1) is 10.2 Å². The van der Waals surface area contributed by atoms with Crippen LogP contribution in [0, 0.1) is 0 Å². The van der Waals surface area contributed by atoms with Crippen molar-refractivity contribution in [1.29, 1.82) is 0 Å². The van der Waals surface area contributed by atoms with Gasteiger partial charge in [-0.2, -0.15) is 0 Å². The third-order valence-electron chi connectivity index (χ3n) is 5.15. The van der Waals surface area contributed by atoms with Crippen molar-refractivity contribution in [3.05, 3.63) is 77.3 Å². The highest BCUT2D eigenvalue weighted by molar-refractivity contribution is 6.31. The molecule has 0 spiro atoms. The van der Waals surface area contributed by atoms with Gasteiger partial charge in [-0.05, 0) is 36.6 Å². The standard InChI is InChI=1S/C25H24ClN3O/c1-3-4-7-17-10-12-18(13-11-17)24-20-8-5-6-9-21(20)25(29-28-24)27-22-16-19(26)14-15-23(22)30-2/h5-6,8-16H,3-4,7H2,1-2H3,(H,27,29). The van der Waals surface area contributed by atoms with Gasteiger partial charge in [-0.25, -0.2) is 0 Å². The number of hydrogen-bond acceptors (Lipinski definition) is 4. The van der Waals surface area contributed by atoms with Gasteiger partial charge in [0.05, 0.1) is 12.8 Å². The molecule has 0 atom stereocenters. The van der Waals surface area contributed by atoms with Crippen LogP contribution in [0.3, 0.4) is 0 Å². The lowest BCUT2D eigenvalue weighted by atomic mass is 10.0. The van der Waals surface area contributed by atoms with Crippen LogP contribution >= 0.6 is 11.6 Å². The number of aryl methyl sites for hydroxylation is 1. The average Bonchev–Trinajstić information content (AvgIpc) is 2.78. The van der Waals surface area contributed by atoms with Gasteiger partial charge < -0.3 is 10.1 Å². The number of rotatable bonds is 7. The molecule has 0 bridgehead atoms. The Morgan fingerprint density at radius 1 is 0.933 bits per heavy atom. The van der Waals surface area contributed by atoms with Crippen LogP contribution in [0.1, 0.15) is 25.3 Å². The molecule has 0 fully saturated rings. The monoisotopic (exact) mass is 417 g/mol. The number of methoxy groups -OCH3 is 1. The van der Waals surface area contributed by atoms with Gasteiger partial charge in [0.1, 0.15) is 11.4 Å². The number of nitrogens with one attached hydrogen (secondary N) is 1. The number of fused-ring (bicyclic) bond motifs is 1. The van der Waals surface area contributed by atoms with E-state index in [-0.39, 0.29) is 0 Å². The summed E-state index contributed by atoms with van der Waals surface area (Å²) in [6.45, 7) is 2.21. The molecule has 0 aliphatic carbocycles. The minimum Gasteiger partial charge on any atom is -0.495 e. The fourth-order valence-electron chi connectivity index (χ4n) is 3.53. The van der Waals surface area contributed by atoms with Crippen LogP contribution in [0.4, 0.5) is 11.5 Å². The zero-order chi connectivity index (χ0) is 20.9. The Bertz CT molecular complexity index is 1160. The predicted molar refractivity (Wildman–Crippen MR) is 125 cm³/mol. The normalized spacial score (nSPS) is 10.9. The predicted octanol–water partition coefficient (Wildman–Crippen LogP) is 7.05. The lowest BCUT2D eigenvalue weighted by Crippen LogP contribution is -2.01. The Hall–Kier alpha value is -3.11. The van der Waals surface area contributed by atoms with Crippen molar-refractivity contribution in [2.75, 3.05) is 12.4 Å². The van der Waals surface area contributed by atoms with Gasteiger partial charge >= 0.3 is 0 Å². The number of benzene rings is 3. The van der Waals surface area contributed by atoms with E-state index < -0.39 is 0 Å². The molecule has 0 amide bonds. The van der Waals surface area contributed by atoms with Crippen LogP contribution in [-0.2, 0) is 6.42 Å². The minimum atomic E-state index is 0.621. The molecule has 0 saturated heterocycles. The van der Waals surface area contributed by atoms with Crippen LogP contribution in [0.5, 0.6) is 5.75 Å². The average molecular weight is 418 g/mol. The Balaban J connectivity index is 1.73. The van der Waals surface area contributed by atoms with Crippen molar-refractivity contribution in [2.45, 2.75) is 26.2 Å². The summed E-state index contributed by atoms with van der Waals surface area (Å²) in [5.74, 6) is 1.35. The van der Waals surface area contributed by atoms with Gasteiger partial charge in [-0.3, -0.25) is 0 Å². The molecule has 152 valence electrons. The third-order valence-corrected chi connectivity index (χ3v) is 5.38. The van der Waals surface area contributed by atoms with Crippen LogP contribution in [0.2, 0.25) is 5.02 Å². The lowest BCUT2D eigenvalue weighted by molar-refractivity contribution is 0.417. The molecule has 0 radical (unpaired) electrons. The first-order valence-corrected chi connectivity index (χ1v) is 10.5. The second-order valence-electron chi connectivity index (χ2n) is 7.21. The highest BCUT2D eigenvalue weighted by Gasteiger charge is 2.13. The first kappa shape index (κ1) is 20.2. The second kappa shape index (κ2) is 9.14. The highest BCUT2D eigenvalue weighted by Crippen LogP contribution is 2.34. The molecular weight excluding hydrogens is 394 g/mol. The molecule has 1 heterocycles. The largest absolute Gasteiger partial charge is 0.495 e. The van der Waals surface area contributed by atoms with Gasteiger partial charge in [0.25, 0.3) is 0 Å². The summed E-state index contributed by atoms with van der Waals surface area (Å²) in [7, 11) is 1.63. The summed E-state index contributed by atoms with van der Waals surface area (Å²) in [6.07, 6.45) is 3.51. The number of anilines is 2. The van der Waals surface area contributed by atoms with Gasteiger partial charge in [0.2, 0.25) is 0 Å². The summed E-state index contributed by atoms with van der Waals surface area (Å²) in [5, 5.41) is 15.0. The lowest BCUT2D eigenvalue weighted by Gasteiger charge is -2.14. The number of ether oxygens (including phenoxy) is 1. The van der Waals surface area contributed by atoms with E-state index in [1.165, 1.54) is 18.4 Å². The maximum Gasteiger partial charge on any atom is 0.161 e. The maximum atomic E-state index is 6.18. The van der Waals surface area contributed by atoms with Gasteiger partial charge in [-0.1, -0.05) is 73.5 Å². The van der Waals surface area contributed by atoms with E-state index in [0.717, 1.165) is 34.1 Å². The van der Waals surface area contributed by atoms with E-state index in [0.29, 0.717) is 16.6 Å². The molecule has 4 nitrogen and oxygen atoms in total. The Labute approximate surface area is 181 Å². The SMILES string of the molecule is CCCCc1ccc(-c2nnc(Nc3cc(Cl)ccc3OC)c3ccccc23)cc1. The van der Waals surface area contributed by atoms with Crippen LogP contribution in [0.25, 0.3) is 22.0 Å². The van der Waals surface area contributed by atoms with E-state index in [1.807, 2.05) is 30.3 Å². The molecule has 4 rings (SSSR count). The first-order chi connectivity index (χ1) is 14.7. The van der Waals surface area contributed by atoms with E-state index in [9.17, 15) is 0 Å². The maximum absolute atomic E-state index is 6.18. The van der Waals surface area contributed by atoms with E-state index >= 15 is 0 Å². The van der Waals surface area contributed by atoms with E-state index in [4.69, 9.17) is 16.3 Å². The van der Waals surface area contributed by atoms with Crippen molar-refractivity contribution in [3.8, 4) is 17.0 Å². The van der Waals surface area contributed by atoms with Gasteiger partial charge in [0.15, 0.2) is 5.82 Å². The molecular formula is C25H24ClN3O. The zero-order valence-electron chi connectivity index (χ0n) is 17.2. The Morgan fingerprint density at radius 2 is 1.70 bits per heavy atom. The van der Waals surface area contributed by atoms with Gasteiger partial charge in [0, 0.05) is 21.4 Å². The number of aromatic nitrogens is 2. The van der Waals surface area contributed by atoms with Crippen molar-refractivity contribution in [1.82, 2.24) is 10.2 Å². The number of unbranched alkanes of at least 4 members (excludes halogenated alkanes) is 1. The van der Waals surface area contributed by atoms with Crippen molar-refractivity contribution in [2.24, 2.45) is 0 Å².